The zero-order chi connectivity index (χ0) is 14.5. The predicted molar refractivity (Wildman–Crippen MR) is 78.0 cm³/mol. The molecule has 1 aliphatic heterocycles. The molecule has 1 aliphatic rings. The third-order valence-corrected chi connectivity index (χ3v) is 4.10. The lowest BCUT2D eigenvalue weighted by Gasteiger charge is -2.28. The Kier molecular flexibility index (Phi) is 5.12. The van der Waals surface area contributed by atoms with Gasteiger partial charge < -0.3 is 10.6 Å². The third-order valence-electron chi connectivity index (χ3n) is 4.10. The molecule has 1 saturated heterocycles. The van der Waals surface area contributed by atoms with Gasteiger partial charge >= 0.3 is 0 Å². The van der Waals surface area contributed by atoms with Crippen molar-refractivity contribution in [1.29, 1.82) is 0 Å². The minimum absolute atomic E-state index is 0.0677. The van der Waals surface area contributed by atoms with Crippen molar-refractivity contribution in [2.24, 2.45) is 5.92 Å². The SMILES string of the molecule is Cc1cc(F)ccc1CCNC(=O)C1CCCNC1C. The number of amides is 1. The number of rotatable bonds is 4. The van der Waals surface area contributed by atoms with Gasteiger partial charge in [0.2, 0.25) is 5.91 Å². The van der Waals surface area contributed by atoms with Crippen molar-refractivity contribution < 1.29 is 9.18 Å². The normalized spacial score (nSPS) is 22.6. The van der Waals surface area contributed by atoms with Gasteiger partial charge in [0.25, 0.3) is 0 Å². The summed E-state index contributed by atoms with van der Waals surface area (Å²) >= 11 is 0. The van der Waals surface area contributed by atoms with Gasteiger partial charge in [0.15, 0.2) is 0 Å². The predicted octanol–water partition coefficient (Wildman–Crippen LogP) is 2.18. The fourth-order valence-corrected chi connectivity index (χ4v) is 2.79. The van der Waals surface area contributed by atoms with Crippen LogP contribution in [0.2, 0.25) is 0 Å². The molecule has 2 N–H and O–H groups in total. The minimum Gasteiger partial charge on any atom is -0.355 e. The number of aryl methyl sites for hydroxylation is 1. The first kappa shape index (κ1) is 15.0. The average molecular weight is 278 g/mol. The topological polar surface area (TPSA) is 41.1 Å². The van der Waals surface area contributed by atoms with Crippen molar-refractivity contribution in [2.75, 3.05) is 13.1 Å². The van der Waals surface area contributed by atoms with E-state index in [1.54, 1.807) is 6.07 Å². The van der Waals surface area contributed by atoms with E-state index in [2.05, 4.69) is 17.6 Å². The molecule has 3 nitrogen and oxygen atoms in total. The van der Waals surface area contributed by atoms with E-state index < -0.39 is 0 Å². The number of halogens is 1. The van der Waals surface area contributed by atoms with E-state index in [1.807, 2.05) is 6.92 Å². The van der Waals surface area contributed by atoms with Crippen LogP contribution in [0.15, 0.2) is 18.2 Å². The van der Waals surface area contributed by atoms with Crippen LogP contribution in [0.25, 0.3) is 0 Å². The summed E-state index contributed by atoms with van der Waals surface area (Å²) in [5.41, 5.74) is 2.02. The quantitative estimate of drug-likeness (QED) is 0.886. The van der Waals surface area contributed by atoms with E-state index in [-0.39, 0.29) is 23.7 Å². The van der Waals surface area contributed by atoms with Crippen LogP contribution in [0, 0.1) is 18.7 Å². The lowest BCUT2D eigenvalue weighted by atomic mass is 9.91. The average Bonchev–Trinajstić information content (AvgIpc) is 2.41. The summed E-state index contributed by atoms with van der Waals surface area (Å²) in [7, 11) is 0. The molecule has 0 bridgehead atoms. The first-order chi connectivity index (χ1) is 9.58. The number of carbonyl (C=O) groups is 1. The smallest absolute Gasteiger partial charge is 0.224 e. The maximum absolute atomic E-state index is 13.0. The highest BCUT2D eigenvalue weighted by Crippen LogP contribution is 2.16. The Labute approximate surface area is 120 Å². The van der Waals surface area contributed by atoms with Gasteiger partial charge in [-0.2, -0.15) is 0 Å². The highest BCUT2D eigenvalue weighted by molar-refractivity contribution is 5.79. The minimum atomic E-state index is -0.211. The zero-order valence-electron chi connectivity index (χ0n) is 12.2. The summed E-state index contributed by atoms with van der Waals surface area (Å²) in [5.74, 6) is -0.0140. The molecule has 0 aromatic heterocycles. The van der Waals surface area contributed by atoms with Crippen molar-refractivity contribution >= 4 is 5.91 Å². The Bertz CT molecular complexity index is 476. The van der Waals surface area contributed by atoms with E-state index in [0.29, 0.717) is 6.54 Å². The van der Waals surface area contributed by atoms with Crippen LogP contribution in [0.5, 0.6) is 0 Å². The van der Waals surface area contributed by atoms with Crippen molar-refractivity contribution in [1.82, 2.24) is 10.6 Å². The number of carbonyl (C=O) groups excluding carboxylic acids is 1. The van der Waals surface area contributed by atoms with Crippen LogP contribution in [0.3, 0.4) is 0 Å². The second-order valence-corrected chi connectivity index (χ2v) is 5.60. The van der Waals surface area contributed by atoms with Crippen LogP contribution < -0.4 is 10.6 Å². The van der Waals surface area contributed by atoms with E-state index >= 15 is 0 Å². The van der Waals surface area contributed by atoms with E-state index in [4.69, 9.17) is 0 Å². The van der Waals surface area contributed by atoms with Crippen LogP contribution in [0.4, 0.5) is 4.39 Å². The molecule has 2 unspecified atom stereocenters. The molecule has 1 aromatic carbocycles. The zero-order valence-corrected chi connectivity index (χ0v) is 12.2. The van der Waals surface area contributed by atoms with E-state index in [1.165, 1.54) is 12.1 Å². The number of piperidine rings is 1. The molecule has 2 atom stereocenters. The fraction of sp³-hybridized carbons (Fsp3) is 0.562. The Morgan fingerprint density at radius 3 is 3.00 bits per heavy atom. The third kappa shape index (κ3) is 3.79. The molecular formula is C16H23FN2O. The highest BCUT2D eigenvalue weighted by atomic mass is 19.1. The van der Waals surface area contributed by atoms with Crippen LogP contribution in [-0.2, 0) is 11.2 Å². The van der Waals surface area contributed by atoms with Gasteiger partial charge in [-0.15, -0.1) is 0 Å². The standard InChI is InChI=1S/C16H23FN2O/c1-11-10-14(17)6-5-13(11)7-9-19-16(20)15-4-3-8-18-12(15)2/h5-6,10,12,15,18H,3-4,7-9H2,1-2H3,(H,19,20). The van der Waals surface area contributed by atoms with Gasteiger partial charge in [-0.1, -0.05) is 6.07 Å². The number of hydrogen-bond acceptors (Lipinski definition) is 2. The lowest BCUT2D eigenvalue weighted by molar-refractivity contribution is -0.126. The van der Waals surface area contributed by atoms with Gasteiger partial charge in [0.1, 0.15) is 5.82 Å². The number of benzene rings is 1. The number of hydrogen-bond donors (Lipinski definition) is 2. The van der Waals surface area contributed by atoms with Crippen molar-refractivity contribution in [3.8, 4) is 0 Å². The van der Waals surface area contributed by atoms with Crippen molar-refractivity contribution in [3.63, 3.8) is 0 Å². The second kappa shape index (κ2) is 6.84. The summed E-state index contributed by atoms with van der Waals surface area (Å²) in [6.07, 6.45) is 2.75. The van der Waals surface area contributed by atoms with E-state index in [0.717, 1.165) is 36.9 Å². The highest BCUT2D eigenvalue weighted by Gasteiger charge is 2.26. The van der Waals surface area contributed by atoms with Gasteiger partial charge in [-0.05, 0) is 62.9 Å². The molecule has 1 aromatic rings. The van der Waals surface area contributed by atoms with Gasteiger partial charge in [-0.25, -0.2) is 4.39 Å². The second-order valence-electron chi connectivity index (χ2n) is 5.60. The summed E-state index contributed by atoms with van der Waals surface area (Å²) < 4.78 is 13.0. The molecule has 0 spiro atoms. The largest absolute Gasteiger partial charge is 0.355 e. The molecule has 1 fully saturated rings. The molecule has 4 heteroatoms. The summed E-state index contributed by atoms with van der Waals surface area (Å²) in [4.78, 5) is 12.1. The summed E-state index contributed by atoms with van der Waals surface area (Å²) in [5, 5.41) is 6.33. The maximum Gasteiger partial charge on any atom is 0.224 e. The molecule has 0 saturated carbocycles. The Morgan fingerprint density at radius 1 is 1.50 bits per heavy atom. The Balaban J connectivity index is 1.81. The van der Waals surface area contributed by atoms with Gasteiger partial charge in [0.05, 0.1) is 5.92 Å². The van der Waals surface area contributed by atoms with Crippen molar-refractivity contribution in [3.05, 3.63) is 35.1 Å². The monoisotopic (exact) mass is 278 g/mol. The molecule has 20 heavy (non-hydrogen) atoms. The molecular weight excluding hydrogens is 255 g/mol. The van der Waals surface area contributed by atoms with Crippen LogP contribution in [-0.4, -0.2) is 25.0 Å². The maximum atomic E-state index is 13.0. The summed E-state index contributed by atoms with van der Waals surface area (Å²) in [6, 6.07) is 5.04. The van der Waals surface area contributed by atoms with Gasteiger partial charge in [0, 0.05) is 12.6 Å². The molecule has 0 aliphatic carbocycles. The Hall–Kier alpha value is -1.42. The first-order valence-corrected chi connectivity index (χ1v) is 7.34. The van der Waals surface area contributed by atoms with Crippen LogP contribution >= 0.6 is 0 Å². The molecule has 0 radical (unpaired) electrons. The van der Waals surface area contributed by atoms with Gasteiger partial charge in [-0.3, -0.25) is 4.79 Å². The van der Waals surface area contributed by atoms with E-state index in [9.17, 15) is 9.18 Å². The summed E-state index contributed by atoms with van der Waals surface area (Å²) in [6.45, 7) is 5.56. The molecule has 1 heterocycles. The molecule has 2 rings (SSSR count). The first-order valence-electron chi connectivity index (χ1n) is 7.34. The van der Waals surface area contributed by atoms with Crippen LogP contribution in [0.1, 0.15) is 30.9 Å². The lowest BCUT2D eigenvalue weighted by Crippen LogP contribution is -2.47. The molecule has 110 valence electrons. The fourth-order valence-electron chi connectivity index (χ4n) is 2.79. The Morgan fingerprint density at radius 2 is 2.30 bits per heavy atom. The van der Waals surface area contributed by atoms with Crippen molar-refractivity contribution in [2.45, 2.75) is 39.2 Å². The number of nitrogens with one attached hydrogen (secondary N) is 2. The molecule has 1 amide bonds.